The Balaban J connectivity index is 1.65. The molecule has 1 fully saturated rings. The van der Waals surface area contributed by atoms with Crippen LogP contribution >= 0.6 is 0 Å². The van der Waals surface area contributed by atoms with Gasteiger partial charge in [-0.15, -0.1) is 0 Å². The Bertz CT molecular complexity index is 905. The molecule has 1 atom stereocenters. The Morgan fingerprint density at radius 1 is 1.15 bits per heavy atom. The van der Waals surface area contributed by atoms with Crippen molar-refractivity contribution in [2.45, 2.75) is 30.9 Å². The van der Waals surface area contributed by atoms with Crippen molar-refractivity contribution in [2.24, 2.45) is 0 Å². The fraction of sp³-hybridized carbons (Fsp3) is 0.250. The molecule has 3 rings (SSSR count). The van der Waals surface area contributed by atoms with E-state index in [0.29, 0.717) is 6.54 Å². The molecule has 26 heavy (non-hydrogen) atoms. The number of aryl methyl sites for hydroxylation is 1. The molecular formula is C20H19NO4S. The Kier molecular flexibility index (Phi) is 5.13. The number of ether oxygens (including phenoxy) is 1. The highest BCUT2D eigenvalue weighted by Gasteiger charge is 2.33. The van der Waals surface area contributed by atoms with E-state index in [1.54, 1.807) is 12.1 Å². The molecule has 1 aliphatic heterocycles. The van der Waals surface area contributed by atoms with Crippen molar-refractivity contribution in [1.29, 1.82) is 0 Å². The summed E-state index contributed by atoms with van der Waals surface area (Å²) in [7, 11) is -3.86. The van der Waals surface area contributed by atoms with Crippen molar-refractivity contribution in [3.05, 3.63) is 77.2 Å². The fourth-order valence-corrected chi connectivity index (χ4v) is 3.97. The van der Waals surface area contributed by atoms with Crippen molar-refractivity contribution in [3.8, 4) is 0 Å². The van der Waals surface area contributed by atoms with E-state index in [-0.39, 0.29) is 17.9 Å². The summed E-state index contributed by atoms with van der Waals surface area (Å²) >= 11 is 0. The summed E-state index contributed by atoms with van der Waals surface area (Å²) < 4.78 is 30.3. The van der Waals surface area contributed by atoms with Gasteiger partial charge in [0.1, 0.15) is 6.10 Å². The number of rotatable bonds is 6. The zero-order valence-electron chi connectivity index (χ0n) is 14.4. The van der Waals surface area contributed by atoms with Gasteiger partial charge in [0.05, 0.1) is 16.3 Å². The van der Waals surface area contributed by atoms with Gasteiger partial charge in [-0.05, 0) is 24.6 Å². The number of benzene rings is 2. The number of hydrogen-bond acceptors (Lipinski definition) is 4. The van der Waals surface area contributed by atoms with E-state index in [2.05, 4.69) is 0 Å². The van der Waals surface area contributed by atoms with Crippen LogP contribution in [0.2, 0.25) is 0 Å². The van der Waals surface area contributed by atoms with Crippen LogP contribution in [0.4, 0.5) is 4.79 Å². The first-order chi connectivity index (χ1) is 12.4. The number of cyclic esters (lactones) is 1. The average Bonchev–Trinajstić information content (AvgIpc) is 2.95. The maximum atomic E-state index is 12.5. The standard InChI is InChI=1S/C20H19NO4S/c1-15-8-10-19(11-9-15)26(23,24)16(2)12-18-14-21(20(22)25-18)13-17-6-4-3-5-7-17/h3-11,18H,12-14H2,1H3. The number of hydrogen-bond donors (Lipinski definition) is 0. The molecule has 0 aromatic heterocycles. The molecule has 6 heteroatoms. The molecule has 1 unspecified atom stereocenters. The molecule has 1 saturated heterocycles. The van der Waals surface area contributed by atoms with Gasteiger partial charge in [0.15, 0.2) is 0 Å². The van der Waals surface area contributed by atoms with Gasteiger partial charge >= 0.3 is 6.09 Å². The summed E-state index contributed by atoms with van der Waals surface area (Å²) in [6.07, 6.45) is -1.26. The SMILES string of the molecule is [C]=C(CC1CN(Cc2ccccc2)C(=O)O1)S(=O)(=O)c1ccc(C)cc1. The van der Waals surface area contributed by atoms with Gasteiger partial charge < -0.3 is 9.64 Å². The molecule has 0 aliphatic carbocycles. The van der Waals surface area contributed by atoms with Crippen molar-refractivity contribution in [2.75, 3.05) is 6.54 Å². The quantitative estimate of drug-likeness (QED) is 0.783. The molecular weight excluding hydrogens is 350 g/mol. The van der Waals surface area contributed by atoms with E-state index in [4.69, 9.17) is 11.3 Å². The van der Waals surface area contributed by atoms with Gasteiger partial charge in [-0.3, -0.25) is 0 Å². The fourth-order valence-electron chi connectivity index (χ4n) is 2.79. The lowest BCUT2D eigenvalue weighted by Crippen LogP contribution is -2.24. The number of sulfone groups is 1. The van der Waals surface area contributed by atoms with E-state index >= 15 is 0 Å². The third kappa shape index (κ3) is 3.96. The summed E-state index contributed by atoms with van der Waals surface area (Å²) in [5.41, 5.74) is 1.91. The summed E-state index contributed by atoms with van der Waals surface area (Å²) in [6, 6.07) is 15.8. The summed E-state index contributed by atoms with van der Waals surface area (Å²) in [6.45, 7) is 10.5. The van der Waals surface area contributed by atoms with Gasteiger partial charge in [-0.1, -0.05) is 48.0 Å². The van der Waals surface area contributed by atoms with E-state index in [1.807, 2.05) is 37.3 Å². The lowest BCUT2D eigenvalue weighted by molar-refractivity contribution is 0.132. The van der Waals surface area contributed by atoms with Crippen LogP contribution in [0.15, 0.2) is 64.4 Å². The molecule has 134 valence electrons. The maximum absolute atomic E-state index is 12.5. The minimum absolute atomic E-state index is 0.0820. The highest BCUT2D eigenvalue weighted by molar-refractivity contribution is 7.95. The number of carbonyl (C=O) groups excluding carboxylic acids is 1. The van der Waals surface area contributed by atoms with Gasteiger partial charge in [0.25, 0.3) is 0 Å². The second kappa shape index (κ2) is 7.33. The van der Waals surface area contributed by atoms with Gasteiger partial charge in [0.2, 0.25) is 9.84 Å². The number of amides is 1. The zero-order valence-corrected chi connectivity index (χ0v) is 15.2. The molecule has 0 spiro atoms. The van der Waals surface area contributed by atoms with Crippen LogP contribution in [0, 0.1) is 13.5 Å². The minimum Gasteiger partial charge on any atom is -0.444 e. The molecule has 1 amide bonds. The Labute approximate surface area is 153 Å². The van der Waals surface area contributed by atoms with Crippen LogP contribution in [-0.2, 0) is 21.1 Å². The Morgan fingerprint density at radius 3 is 2.46 bits per heavy atom. The van der Waals surface area contributed by atoms with Crippen LogP contribution in [0.3, 0.4) is 0 Å². The van der Waals surface area contributed by atoms with Crippen molar-refractivity contribution >= 4 is 15.9 Å². The largest absolute Gasteiger partial charge is 0.444 e. The van der Waals surface area contributed by atoms with Crippen molar-refractivity contribution in [3.63, 3.8) is 0 Å². The van der Waals surface area contributed by atoms with Crippen molar-refractivity contribution in [1.82, 2.24) is 4.90 Å². The minimum atomic E-state index is -3.86. The number of nitrogens with zero attached hydrogens (tertiary/aromatic N) is 1. The third-order valence-corrected chi connectivity index (χ3v) is 5.94. The first-order valence-electron chi connectivity index (χ1n) is 8.25. The molecule has 5 nitrogen and oxygen atoms in total. The molecule has 2 aromatic rings. The number of carbonyl (C=O) groups is 1. The highest BCUT2D eigenvalue weighted by Crippen LogP contribution is 2.26. The van der Waals surface area contributed by atoms with Crippen LogP contribution in [0.25, 0.3) is 0 Å². The van der Waals surface area contributed by atoms with Gasteiger partial charge in [0, 0.05) is 19.5 Å². The van der Waals surface area contributed by atoms with E-state index in [1.165, 1.54) is 17.0 Å². The zero-order chi connectivity index (χ0) is 18.7. The second-order valence-electron chi connectivity index (χ2n) is 6.32. The second-order valence-corrected chi connectivity index (χ2v) is 8.29. The molecule has 0 N–H and O–H groups in total. The van der Waals surface area contributed by atoms with E-state index in [0.717, 1.165) is 11.1 Å². The Hall–Kier alpha value is -2.60. The topological polar surface area (TPSA) is 63.7 Å². The Morgan fingerprint density at radius 2 is 1.81 bits per heavy atom. The smallest absolute Gasteiger partial charge is 0.410 e. The average molecular weight is 369 g/mol. The normalized spacial score (nSPS) is 17.2. The highest BCUT2D eigenvalue weighted by atomic mass is 32.2. The molecule has 1 heterocycles. The third-order valence-electron chi connectivity index (χ3n) is 4.23. The van der Waals surface area contributed by atoms with Crippen LogP contribution in [0.1, 0.15) is 17.5 Å². The predicted molar refractivity (Wildman–Crippen MR) is 96.9 cm³/mol. The molecule has 2 radical (unpaired) electrons. The molecule has 0 saturated carbocycles. The van der Waals surface area contributed by atoms with E-state index in [9.17, 15) is 13.2 Å². The predicted octanol–water partition coefficient (Wildman–Crippen LogP) is 3.37. The lowest BCUT2D eigenvalue weighted by atomic mass is 10.2. The van der Waals surface area contributed by atoms with Crippen LogP contribution in [0.5, 0.6) is 0 Å². The molecule has 0 bridgehead atoms. The summed E-state index contributed by atoms with van der Waals surface area (Å²) in [5, 5.41) is 0. The monoisotopic (exact) mass is 369 g/mol. The molecule has 2 aromatic carbocycles. The first-order valence-corrected chi connectivity index (χ1v) is 9.73. The molecule has 1 aliphatic rings. The summed E-state index contributed by atoms with van der Waals surface area (Å²) in [4.78, 5) is 13.2. The van der Waals surface area contributed by atoms with E-state index < -0.39 is 26.9 Å². The maximum Gasteiger partial charge on any atom is 0.410 e. The van der Waals surface area contributed by atoms with Crippen molar-refractivity contribution < 1.29 is 17.9 Å². The van der Waals surface area contributed by atoms with Crippen LogP contribution < -0.4 is 0 Å². The summed E-state index contributed by atoms with van der Waals surface area (Å²) in [5.74, 6) is 0. The van der Waals surface area contributed by atoms with Gasteiger partial charge in [-0.25, -0.2) is 13.2 Å². The van der Waals surface area contributed by atoms with Gasteiger partial charge in [-0.2, -0.15) is 0 Å². The van der Waals surface area contributed by atoms with Crippen LogP contribution in [-0.4, -0.2) is 32.1 Å². The first kappa shape index (κ1) is 18.2. The lowest BCUT2D eigenvalue weighted by Gasteiger charge is -2.13.